The topological polar surface area (TPSA) is 698 Å². The van der Waals surface area contributed by atoms with Crippen molar-refractivity contribution in [3.63, 3.8) is 0 Å². The van der Waals surface area contributed by atoms with Gasteiger partial charge in [0.15, 0.2) is 45.5 Å². The third-order valence-electron chi connectivity index (χ3n) is 30.4. The second-order valence-electron chi connectivity index (χ2n) is 39.3. The smallest absolute Gasteiger partial charge is 0.255 e. The van der Waals surface area contributed by atoms with E-state index in [9.17, 15) is 139 Å². The molecule has 16 atom stereocenters. The Labute approximate surface area is 833 Å². The molecule has 12 aliphatic carbocycles. The first kappa shape index (κ1) is 109. The highest BCUT2D eigenvalue weighted by atomic mass is 16.7. The normalized spacial score (nSPS) is 27.8. The van der Waals surface area contributed by atoms with Gasteiger partial charge in [-0.15, -0.1) is 0 Å². The van der Waals surface area contributed by atoms with Crippen molar-refractivity contribution >= 4 is 92.9 Å². The summed E-state index contributed by atoms with van der Waals surface area (Å²) >= 11 is 0. The molecular formula is C101H127N13O31. The zero-order valence-electron chi connectivity index (χ0n) is 83.2. The van der Waals surface area contributed by atoms with Crippen molar-refractivity contribution < 1.29 is 154 Å². The molecule has 145 heavy (non-hydrogen) atoms. The Morgan fingerprint density at radius 1 is 0.352 bits per heavy atom. The minimum Gasteiger partial charge on any atom is -0.508 e. The van der Waals surface area contributed by atoms with Crippen molar-refractivity contribution in [2.24, 2.45) is 70.3 Å². The summed E-state index contributed by atoms with van der Waals surface area (Å²) in [7, 11) is 17.5. The first-order chi connectivity index (χ1) is 68.0. The molecule has 0 aromatic heterocycles. The van der Waals surface area contributed by atoms with Crippen molar-refractivity contribution in [3.8, 4) is 23.0 Å². The Hall–Kier alpha value is -13.0. The number of amides is 4. The van der Waals surface area contributed by atoms with Gasteiger partial charge in [-0.1, -0.05) is 45.0 Å². The summed E-state index contributed by atoms with van der Waals surface area (Å²) in [5, 5.41) is 184. The number of hydrazine groups is 1. The summed E-state index contributed by atoms with van der Waals surface area (Å²) in [5.41, 5.74) is 16.0. The Morgan fingerprint density at radius 3 is 0.807 bits per heavy atom. The number of aliphatic hydroxyl groups is 12. The number of likely N-dealkylation sites (N-methyl/N-ethyl adjacent to an activating group) is 4. The first-order valence-corrected chi connectivity index (χ1v) is 47.4. The van der Waals surface area contributed by atoms with Gasteiger partial charge in [-0.2, -0.15) is 15.2 Å². The maximum Gasteiger partial charge on any atom is 0.255 e. The van der Waals surface area contributed by atoms with Crippen LogP contribution in [0.2, 0.25) is 0 Å². The fraction of sp³-hybridized carbons (Fsp3) is 0.485. The zero-order chi connectivity index (χ0) is 107. The number of hydrogen-bond acceptors (Lipinski definition) is 40. The fourth-order valence-electron chi connectivity index (χ4n) is 24.0. The summed E-state index contributed by atoms with van der Waals surface area (Å²) in [4.78, 5) is 178. The fourth-order valence-corrected chi connectivity index (χ4v) is 24.0. The number of hydrogen-bond donors (Lipinski definition) is 21. The van der Waals surface area contributed by atoms with Crippen LogP contribution in [0.25, 0.3) is 23.0 Å². The zero-order valence-corrected chi connectivity index (χ0v) is 83.2. The number of benzene rings is 4. The predicted molar refractivity (Wildman–Crippen MR) is 516 cm³/mol. The molecule has 44 nitrogen and oxygen atoms in total. The highest BCUT2D eigenvalue weighted by molar-refractivity contribution is 6.28. The van der Waals surface area contributed by atoms with E-state index in [1.807, 2.05) is 39.6 Å². The third kappa shape index (κ3) is 17.8. The van der Waals surface area contributed by atoms with E-state index in [0.717, 1.165) is 22.3 Å². The van der Waals surface area contributed by atoms with Gasteiger partial charge in [0.05, 0.1) is 66.7 Å². The molecule has 0 unspecified atom stereocenters. The maximum absolute atomic E-state index is 13.9. The summed E-state index contributed by atoms with van der Waals surface area (Å²) in [5.74, 6) is -26.5. The van der Waals surface area contributed by atoms with Crippen LogP contribution >= 0.6 is 0 Å². The average molecular weight is 2020 g/mol. The van der Waals surface area contributed by atoms with E-state index in [1.54, 1.807) is 110 Å². The van der Waals surface area contributed by atoms with Crippen LogP contribution in [-0.4, -0.2) is 348 Å². The number of ketones is 8. The van der Waals surface area contributed by atoms with E-state index in [1.165, 1.54) is 51.0 Å². The van der Waals surface area contributed by atoms with Crippen LogP contribution < -0.4 is 28.4 Å². The van der Waals surface area contributed by atoms with E-state index >= 15 is 0 Å². The molecule has 4 aromatic rings. The molecule has 4 amide bonds. The lowest BCUT2D eigenvalue weighted by molar-refractivity contribution is -0.159. The number of aliphatic hydroxyl groups excluding tert-OH is 8. The van der Waals surface area contributed by atoms with E-state index in [4.69, 9.17) is 37.4 Å². The Morgan fingerprint density at radius 2 is 0.593 bits per heavy atom. The Kier molecular flexibility index (Phi) is 31.0. The quantitative estimate of drug-likeness (QED) is 0.0329. The van der Waals surface area contributed by atoms with Crippen molar-refractivity contribution in [3.05, 3.63) is 183 Å². The standard InChI is InChI=1S/C26H34N4O7.C26H33N3O8.C25H31N3O8.C24H29N3O8/c1-5-28-30(6-2)11-12-7-8-16(31)18-14(12)9-13-10-15-20(29(3)4)22(33)19(25(27)36)24(35)26(15,37)23(34)17(13)21(18)32;1-5-29(37-6-2)11-12-7-8-16(30)18-14(12)9-13-10-15-20(28(3)4)22(32)19(25(27)35)24(34)26(15,36)23(33)17(13)21(18)31;1-5-36-28(4)10-11-6-7-15(29)17-13(11)8-12-9-14-19(27(2)3)21(31)18(24(26)34)23(33)25(14,35)22(32)16(12)20(17)30;1-26(2)18-13-8-11-7-12-10(9-27(3)35-4)5-6-14(28)16(12)19(29)15(11)21(31)24(13,34)22(32)17(20(18)30)23(25)33/h7-8,13,15,20,28,31-32,35,37H,5-6,9-11H2,1-4H3,(H2,27,36);7-8,13,15,20,30-31,34,36H,5-6,9-11H2,1-4H3,(H2,27,35);6-7,12,14,19,29-30,33,35H,5,8-10H2,1-4H3,(H2,26,34);5-6,11,13,18,28-29,32,34H,7-9H2,1-4H3,(H2,25,33)/t2*13-,15-,20-,26-;12-,14-,19-,25-;11-,13-,18+,24-/m0000/s1. The number of fused-ring (bicyclic) bond motifs is 12. The number of nitrogens with two attached hydrogens (primary N) is 4. The molecule has 0 bridgehead atoms. The minimum absolute atomic E-state index is 0.0426. The van der Waals surface area contributed by atoms with E-state index in [2.05, 4.69) is 5.43 Å². The lowest BCUT2D eigenvalue weighted by atomic mass is 9.57. The van der Waals surface area contributed by atoms with Crippen LogP contribution in [0, 0.1) is 47.3 Å². The molecule has 782 valence electrons. The van der Waals surface area contributed by atoms with Gasteiger partial charge in [-0.05, 0) is 214 Å². The molecule has 0 aliphatic heterocycles. The number of nitrogens with zero attached hydrogens (tertiary/aromatic N) is 8. The highest BCUT2D eigenvalue weighted by Gasteiger charge is 2.70. The molecule has 44 heteroatoms. The summed E-state index contributed by atoms with van der Waals surface area (Å²) in [6.45, 7) is 14.1. The number of primary amides is 4. The molecule has 4 saturated carbocycles. The van der Waals surface area contributed by atoms with Gasteiger partial charge in [-0.3, -0.25) is 92.2 Å². The second kappa shape index (κ2) is 41.1. The number of aromatic hydroxyl groups is 4. The van der Waals surface area contributed by atoms with Crippen LogP contribution in [0.4, 0.5) is 0 Å². The van der Waals surface area contributed by atoms with Crippen LogP contribution in [0.1, 0.15) is 127 Å². The van der Waals surface area contributed by atoms with Gasteiger partial charge in [-0.25, -0.2) is 5.01 Å². The molecule has 0 radical (unpaired) electrons. The van der Waals surface area contributed by atoms with Crippen molar-refractivity contribution in [1.82, 2.24) is 45.2 Å². The monoisotopic (exact) mass is 2020 g/mol. The van der Waals surface area contributed by atoms with E-state index in [-0.39, 0.29) is 119 Å². The van der Waals surface area contributed by atoms with Crippen LogP contribution in [-0.2, 0) is 124 Å². The average Bonchev–Trinajstić information content (AvgIpc) is 0.709. The van der Waals surface area contributed by atoms with Crippen molar-refractivity contribution in [1.29, 1.82) is 0 Å². The Bertz CT molecular complexity index is 6210. The number of Topliss-reactive ketones (excluding diaryl/α,β-unsaturated/α-hetero) is 8. The van der Waals surface area contributed by atoms with Gasteiger partial charge in [0.1, 0.15) is 91.4 Å². The van der Waals surface area contributed by atoms with Gasteiger partial charge < -0.3 is 109 Å². The number of carbonyl (C=O) groups is 12. The Balaban J connectivity index is 0.000000162. The maximum atomic E-state index is 13.9. The van der Waals surface area contributed by atoms with Crippen LogP contribution in [0.3, 0.4) is 0 Å². The van der Waals surface area contributed by atoms with Gasteiger partial charge in [0.2, 0.25) is 23.1 Å². The van der Waals surface area contributed by atoms with Gasteiger partial charge in [0, 0.05) is 106 Å². The van der Waals surface area contributed by atoms with Crippen molar-refractivity contribution in [2.45, 2.75) is 159 Å². The number of phenolic OH excluding ortho intramolecular Hbond substituents is 4. The number of hydroxylamine groups is 6. The molecule has 12 aliphatic rings. The lowest BCUT2D eigenvalue weighted by Crippen LogP contribution is -2.65. The summed E-state index contributed by atoms with van der Waals surface area (Å²) in [6.07, 6.45) is 1.16. The minimum atomic E-state index is -2.65. The van der Waals surface area contributed by atoms with E-state index in [0.29, 0.717) is 81.3 Å². The first-order valence-electron chi connectivity index (χ1n) is 47.4. The highest BCUT2D eigenvalue weighted by Crippen LogP contribution is 2.60. The molecule has 0 spiro atoms. The number of carbonyl (C=O) groups excluding carboxylic acids is 12. The van der Waals surface area contributed by atoms with E-state index < -0.39 is 232 Å². The van der Waals surface area contributed by atoms with Crippen LogP contribution in [0.15, 0.2) is 116 Å². The molecule has 0 heterocycles. The molecule has 4 fully saturated rings. The SMILES string of the molecule is CCNN(CC)Cc1ccc(O)c2c1C[C@H]1C[C@H]3[C@H](N(C)C)C(=O)C(C(N)=O)=C(O)[C@@]3(O)C(=O)C1=C2O.CCON(C)Cc1ccc(O)c2c1C[C@H]1C[C@H]3[C@H](N(C)C)C(=O)C(C(N)=O)=C(O)[C@@]3(O)C(=O)C1=C2O.CCON(CC)Cc1ccc(O)c2c1C[C@H]1C[C@H]3[C@H](N(C)C)C(=O)C(C(N)=O)=C(O)[C@@]3(O)C(=O)C1=C2O.CON(C)Cc1ccc(O)c2c1C[C@H]1C[C@H]3[C@@H](N(C)C)C(=O)C(C(N)=O)=C(O)[C@@]3(O)C(=O)C1=C2O. The van der Waals surface area contributed by atoms with Gasteiger partial charge >= 0.3 is 0 Å². The van der Waals surface area contributed by atoms with Crippen LogP contribution in [0.5, 0.6) is 23.0 Å². The number of nitrogens with one attached hydrogen (secondary N) is 1. The van der Waals surface area contributed by atoms with Crippen molar-refractivity contribution in [2.75, 3.05) is 110 Å². The molecule has 4 aromatic carbocycles. The predicted octanol–water partition coefficient (Wildman–Crippen LogP) is 1.35. The second-order valence-corrected chi connectivity index (χ2v) is 39.3. The lowest BCUT2D eigenvalue weighted by Gasteiger charge is -2.50. The molecule has 0 saturated heterocycles. The number of rotatable bonds is 25. The molecule has 25 N–H and O–H groups in total. The van der Waals surface area contributed by atoms with Gasteiger partial charge in [0.25, 0.3) is 23.6 Å². The molecular weight excluding hydrogens is 1890 g/mol. The number of phenols is 4. The third-order valence-corrected chi connectivity index (χ3v) is 30.4. The summed E-state index contributed by atoms with van der Waals surface area (Å²) < 4.78 is 0. The summed E-state index contributed by atoms with van der Waals surface area (Å²) in [6, 6.07) is 8.12. The largest absolute Gasteiger partial charge is 0.508 e. The molecule has 16 rings (SSSR count).